The van der Waals surface area contributed by atoms with Crippen molar-refractivity contribution in [3.05, 3.63) is 35.5 Å². The minimum atomic E-state index is -0.181. The quantitative estimate of drug-likeness (QED) is 0.635. The number of rotatable bonds is 5. The third-order valence-electron chi connectivity index (χ3n) is 5.90. The number of aliphatic hydroxyl groups excluding tert-OH is 1. The first-order valence-corrected chi connectivity index (χ1v) is 10.5. The summed E-state index contributed by atoms with van der Waals surface area (Å²) in [6, 6.07) is 5.97. The van der Waals surface area contributed by atoms with E-state index in [1.54, 1.807) is 11.9 Å². The van der Waals surface area contributed by atoms with Crippen LogP contribution in [0, 0.1) is 11.8 Å². The number of likely N-dealkylation sites (tertiary alicyclic amines) is 1. The fourth-order valence-corrected chi connectivity index (χ4v) is 5.15. The van der Waals surface area contributed by atoms with Gasteiger partial charge in [-0.2, -0.15) is 0 Å². The number of hydrogen-bond acceptors (Lipinski definition) is 5. The Morgan fingerprint density at radius 1 is 1.15 bits per heavy atom. The van der Waals surface area contributed by atoms with Crippen molar-refractivity contribution in [2.45, 2.75) is 37.1 Å². The molecule has 0 radical (unpaired) electrons. The van der Waals surface area contributed by atoms with Gasteiger partial charge in [-0.1, -0.05) is 25.3 Å². The summed E-state index contributed by atoms with van der Waals surface area (Å²) in [6.45, 7) is 3.45. The first-order chi connectivity index (χ1) is 12.7. The molecule has 3 heterocycles. The second kappa shape index (κ2) is 8.11. The van der Waals surface area contributed by atoms with Crippen LogP contribution in [0.4, 0.5) is 0 Å². The highest BCUT2D eigenvalue weighted by Gasteiger charge is 2.38. The highest BCUT2D eigenvalue weighted by molar-refractivity contribution is 7.97. The van der Waals surface area contributed by atoms with Crippen LogP contribution in [-0.4, -0.2) is 58.0 Å². The zero-order chi connectivity index (χ0) is 17.9. The molecule has 1 aromatic heterocycles. The van der Waals surface area contributed by atoms with Crippen LogP contribution in [0.2, 0.25) is 0 Å². The van der Waals surface area contributed by atoms with E-state index in [2.05, 4.69) is 9.29 Å². The number of carbonyl (C=O) groups is 1. The molecular formula is C20H27N3O2S. The first-order valence-electron chi connectivity index (χ1n) is 9.68. The molecule has 1 saturated carbocycles. The van der Waals surface area contributed by atoms with E-state index < -0.39 is 0 Å². The van der Waals surface area contributed by atoms with Crippen LogP contribution in [0.5, 0.6) is 0 Å². The summed E-state index contributed by atoms with van der Waals surface area (Å²) >= 11 is 1.69. The zero-order valence-corrected chi connectivity index (χ0v) is 16.0. The van der Waals surface area contributed by atoms with Gasteiger partial charge in [0, 0.05) is 32.4 Å². The maximum absolute atomic E-state index is 12.8. The largest absolute Gasteiger partial charge is 0.396 e. The van der Waals surface area contributed by atoms with E-state index in [0.29, 0.717) is 5.92 Å². The molecule has 1 atom stereocenters. The molecule has 140 valence electrons. The predicted octanol–water partition coefficient (Wildman–Crippen LogP) is 2.73. The average Bonchev–Trinajstić information content (AvgIpc) is 2.60. The molecule has 2 aliphatic heterocycles. The maximum atomic E-state index is 12.8. The van der Waals surface area contributed by atoms with Gasteiger partial charge >= 0.3 is 0 Å². The number of nitrogens with zero attached hydrogens (tertiary/aromatic N) is 3. The Bertz CT molecular complexity index is 657. The summed E-state index contributed by atoms with van der Waals surface area (Å²) in [4.78, 5) is 19.0. The summed E-state index contributed by atoms with van der Waals surface area (Å²) in [5, 5.41) is 10.8. The Morgan fingerprint density at radius 2 is 1.88 bits per heavy atom. The second-order valence-corrected chi connectivity index (χ2v) is 8.76. The van der Waals surface area contributed by atoms with Gasteiger partial charge in [0.05, 0.1) is 12.5 Å². The maximum Gasteiger partial charge on any atom is 0.228 e. The van der Waals surface area contributed by atoms with Crippen LogP contribution >= 0.6 is 11.9 Å². The molecule has 3 fully saturated rings. The van der Waals surface area contributed by atoms with E-state index in [9.17, 15) is 9.90 Å². The van der Waals surface area contributed by atoms with Crippen LogP contribution < -0.4 is 0 Å². The monoisotopic (exact) mass is 373 g/mol. The standard InChI is InChI=1S/C20H27N3O2S/c24-14-18(15-6-2-1-3-7-15)20(25)22-10-16(11-22)17-12-23(13-17)26-19-8-4-5-9-21-19/h4-5,8-9,15,18,24H,1-3,6-7,10-14H2. The van der Waals surface area contributed by atoms with Crippen molar-refractivity contribution < 1.29 is 9.90 Å². The highest BCUT2D eigenvalue weighted by atomic mass is 32.2. The minimum Gasteiger partial charge on any atom is -0.396 e. The zero-order valence-electron chi connectivity index (χ0n) is 15.1. The fourth-order valence-electron chi connectivity index (χ4n) is 4.19. The third-order valence-corrected chi connectivity index (χ3v) is 6.85. The summed E-state index contributed by atoms with van der Waals surface area (Å²) in [6.07, 6.45) is 7.69. The van der Waals surface area contributed by atoms with Crippen LogP contribution in [-0.2, 0) is 4.79 Å². The van der Waals surface area contributed by atoms with Crippen molar-refractivity contribution in [3.63, 3.8) is 0 Å². The predicted molar refractivity (Wildman–Crippen MR) is 102 cm³/mol. The minimum absolute atomic E-state index is 0.000395. The molecule has 5 nitrogen and oxygen atoms in total. The highest BCUT2D eigenvalue weighted by Crippen LogP contribution is 2.35. The molecule has 2 saturated heterocycles. The second-order valence-electron chi connectivity index (χ2n) is 7.65. The van der Waals surface area contributed by atoms with Gasteiger partial charge in [0.15, 0.2) is 0 Å². The van der Waals surface area contributed by atoms with E-state index in [1.165, 1.54) is 30.4 Å². The lowest BCUT2D eigenvalue weighted by Crippen LogP contribution is -2.52. The Hall–Kier alpha value is -1.37. The number of aliphatic hydroxyl groups is 1. The molecule has 0 bridgehead atoms. The van der Waals surface area contributed by atoms with Gasteiger partial charge in [-0.25, -0.2) is 9.29 Å². The van der Waals surface area contributed by atoms with E-state index in [4.69, 9.17) is 0 Å². The van der Waals surface area contributed by atoms with Crippen LogP contribution in [0.1, 0.15) is 32.1 Å². The van der Waals surface area contributed by atoms with Gasteiger partial charge in [-0.05, 0) is 54.0 Å². The van der Waals surface area contributed by atoms with Crippen molar-refractivity contribution in [2.75, 3.05) is 32.8 Å². The Balaban J connectivity index is 1.26. The Kier molecular flexibility index (Phi) is 5.62. The normalized spacial score (nSPS) is 22.7. The average molecular weight is 374 g/mol. The summed E-state index contributed by atoms with van der Waals surface area (Å²) in [5.41, 5.74) is 2.88. The fraction of sp³-hybridized carbons (Fsp3) is 0.600. The molecule has 1 aliphatic carbocycles. The van der Waals surface area contributed by atoms with Crippen molar-refractivity contribution >= 4 is 17.9 Å². The number of aromatic nitrogens is 1. The Labute approximate surface area is 159 Å². The molecule has 1 aromatic rings. The number of amides is 1. The Morgan fingerprint density at radius 3 is 2.54 bits per heavy atom. The molecule has 6 heteroatoms. The third kappa shape index (κ3) is 3.82. The number of hydrogen-bond donors (Lipinski definition) is 1. The lowest BCUT2D eigenvalue weighted by atomic mass is 9.79. The topological polar surface area (TPSA) is 56.7 Å². The molecule has 4 rings (SSSR count). The molecule has 1 N–H and O–H groups in total. The smallest absolute Gasteiger partial charge is 0.228 e. The molecular weight excluding hydrogens is 346 g/mol. The van der Waals surface area contributed by atoms with Crippen molar-refractivity contribution in [3.8, 4) is 0 Å². The van der Waals surface area contributed by atoms with Crippen molar-refractivity contribution in [1.29, 1.82) is 0 Å². The number of carbonyl (C=O) groups excluding carboxylic acids is 1. The lowest BCUT2D eigenvalue weighted by Gasteiger charge is -2.43. The molecule has 3 aliphatic rings. The molecule has 0 spiro atoms. The van der Waals surface area contributed by atoms with Crippen LogP contribution in [0.15, 0.2) is 40.6 Å². The van der Waals surface area contributed by atoms with Gasteiger partial charge in [0.2, 0.25) is 5.91 Å². The van der Waals surface area contributed by atoms with Gasteiger partial charge in [0.1, 0.15) is 5.03 Å². The number of pyridine rings is 1. The molecule has 26 heavy (non-hydrogen) atoms. The summed E-state index contributed by atoms with van der Waals surface area (Å²) < 4.78 is 2.30. The summed E-state index contributed by atoms with van der Waals surface area (Å²) in [5.74, 6) is 0.370. The van der Waals surface area contributed by atoms with E-state index in [1.807, 2.05) is 29.3 Å². The van der Waals surface area contributed by atoms with E-state index >= 15 is 0 Å². The van der Waals surface area contributed by atoms with Gasteiger partial charge in [-0.3, -0.25) is 4.79 Å². The first kappa shape index (κ1) is 18.0. The SMILES string of the molecule is O=C(C(CO)C1CCCCC1)N1CC(=C2CN(Sc3ccccn3)C2)C1. The van der Waals surface area contributed by atoms with Crippen molar-refractivity contribution in [1.82, 2.24) is 14.2 Å². The van der Waals surface area contributed by atoms with Gasteiger partial charge in [0.25, 0.3) is 0 Å². The van der Waals surface area contributed by atoms with E-state index in [0.717, 1.165) is 44.0 Å². The summed E-state index contributed by atoms with van der Waals surface area (Å²) in [7, 11) is 0. The van der Waals surface area contributed by atoms with Crippen LogP contribution in [0.3, 0.4) is 0 Å². The van der Waals surface area contributed by atoms with Gasteiger partial charge < -0.3 is 10.0 Å². The molecule has 1 amide bonds. The van der Waals surface area contributed by atoms with Crippen LogP contribution in [0.25, 0.3) is 0 Å². The molecule has 0 aromatic carbocycles. The van der Waals surface area contributed by atoms with E-state index in [-0.39, 0.29) is 18.4 Å². The molecule has 1 unspecified atom stereocenters. The van der Waals surface area contributed by atoms with Gasteiger partial charge in [-0.15, -0.1) is 0 Å². The lowest BCUT2D eigenvalue weighted by molar-refractivity contribution is -0.140. The van der Waals surface area contributed by atoms with Crippen molar-refractivity contribution in [2.24, 2.45) is 11.8 Å².